The number of carbonyl (C=O) groups excluding carboxylic acids is 2. The molecule has 2 aliphatic rings. The number of anilines is 2. The molecule has 2 amide bonds. The number of carbonyl (C=O) groups is 2. The summed E-state index contributed by atoms with van der Waals surface area (Å²) in [5, 5.41) is 5.73. The lowest BCUT2D eigenvalue weighted by atomic mass is 10.0. The quantitative estimate of drug-likeness (QED) is 0.533. The number of benzene rings is 2. The fourth-order valence-electron chi connectivity index (χ4n) is 3.68. The van der Waals surface area contributed by atoms with Gasteiger partial charge in [0.05, 0.1) is 5.69 Å². The zero-order valence-electron chi connectivity index (χ0n) is 16.2. The van der Waals surface area contributed by atoms with Crippen LogP contribution in [0, 0.1) is 0 Å². The lowest BCUT2D eigenvalue weighted by Gasteiger charge is -2.02. The molecule has 148 valence electrons. The van der Waals surface area contributed by atoms with Crippen molar-refractivity contribution >= 4 is 35.1 Å². The van der Waals surface area contributed by atoms with Crippen LogP contribution in [-0.2, 0) is 9.59 Å². The van der Waals surface area contributed by atoms with Crippen LogP contribution >= 0.6 is 0 Å². The van der Waals surface area contributed by atoms with Crippen LogP contribution in [0.5, 0.6) is 0 Å². The number of amides is 2. The molecule has 1 atom stereocenters. The standard InChI is InChI=1S/C23H24N4O2/c28-22-18(16-9-3-5-11-19(16)26-22)15-24-13-7-1-2-8-14-25-21-17-10-4-6-12-20(17)27-23(21)29/h3-6,9-12,15,18H,1-2,7-8,13-14H2,(H,26,28)(H,25,27,29). The third-order valence-electron chi connectivity index (χ3n) is 5.20. The first-order valence-electron chi connectivity index (χ1n) is 10.1. The summed E-state index contributed by atoms with van der Waals surface area (Å²) in [7, 11) is 0. The Labute approximate surface area is 170 Å². The fraction of sp³-hybridized carbons (Fsp3) is 0.304. The van der Waals surface area contributed by atoms with Gasteiger partial charge in [0.15, 0.2) is 0 Å². The van der Waals surface area contributed by atoms with Gasteiger partial charge in [-0.1, -0.05) is 49.2 Å². The van der Waals surface area contributed by atoms with Crippen molar-refractivity contribution in [3.63, 3.8) is 0 Å². The molecule has 4 rings (SSSR count). The summed E-state index contributed by atoms with van der Waals surface area (Å²) in [4.78, 5) is 33.0. The minimum absolute atomic E-state index is 0.00779. The number of unbranched alkanes of at least 4 members (excludes halogenated alkanes) is 3. The second kappa shape index (κ2) is 8.82. The molecule has 1 unspecified atom stereocenters. The van der Waals surface area contributed by atoms with Crippen LogP contribution in [0.1, 0.15) is 42.7 Å². The number of fused-ring (bicyclic) bond motifs is 2. The zero-order valence-corrected chi connectivity index (χ0v) is 16.2. The number of hydrogen-bond donors (Lipinski definition) is 2. The van der Waals surface area contributed by atoms with E-state index >= 15 is 0 Å². The fourth-order valence-corrected chi connectivity index (χ4v) is 3.68. The average Bonchev–Trinajstić information content (AvgIpc) is 3.22. The van der Waals surface area contributed by atoms with Gasteiger partial charge in [-0.15, -0.1) is 0 Å². The van der Waals surface area contributed by atoms with E-state index in [9.17, 15) is 9.59 Å². The SMILES string of the molecule is O=C1Nc2ccccc2C1=NCCCCCCN=CC1C(=O)Nc2ccccc21. The van der Waals surface area contributed by atoms with Crippen molar-refractivity contribution in [1.29, 1.82) is 0 Å². The molecule has 29 heavy (non-hydrogen) atoms. The van der Waals surface area contributed by atoms with E-state index in [0.717, 1.165) is 54.7 Å². The van der Waals surface area contributed by atoms with Crippen LogP contribution in [0.15, 0.2) is 58.5 Å². The summed E-state index contributed by atoms with van der Waals surface area (Å²) in [5.41, 5.74) is 4.16. The first kappa shape index (κ1) is 19.1. The number of para-hydroxylation sites is 2. The van der Waals surface area contributed by atoms with Gasteiger partial charge in [-0.3, -0.25) is 19.6 Å². The molecule has 2 aromatic carbocycles. The van der Waals surface area contributed by atoms with E-state index < -0.39 is 0 Å². The van der Waals surface area contributed by atoms with Crippen LogP contribution in [0.2, 0.25) is 0 Å². The monoisotopic (exact) mass is 388 g/mol. The lowest BCUT2D eigenvalue weighted by molar-refractivity contribution is -0.115. The molecule has 2 aliphatic heterocycles. The number of nitrogens with one attached hydrogen (secondary N) is 2. The van der Waals surface area contributed by atoms with Crippen LogP contribution in [0.4, 0.5) is 11.4 Å². The first-order chi connectivity index (χ1) is 14.2. The Kier molecular flexibility index (Phi) is 5.79. The summed E-state index contributed by atoms with van der Waals surface area (Å²) < 4.78 is 0. The highest BCUT2D eigenvalue weighted by Gasteiger charge is 2.28. The molecule has 6 nitrogen and oxygen atoms in total. The van der Waals surface area contributed by atoms with E-state index in [0.29, 0.717) is 12.3 Å². The van der Waals surface area contributed by atoms with Crippen LogP contribution < -0.4 is 10.6 Å². The zero-order chi connectivity index (χ0) is 20.1. The molecule has 2 aromatic rings. The highest BCUT2D eigenvalue weighted by molar-refractivity contribution is 6.53. The molecule has 6 heteroatoms. The van der Waals surface area contributed by atoms with E-state index in [2.05, 4.69) is 20.6 Å². The Morgan fingerprint density at radius 2 is 1.55 bits per heavy atom. The van der Waals surface area contributed by atoms with Crippen molar-refractivity contribution in [2.45, 2.75) is 31.6 Å². The van der Waals surface area contributed by atoms with Gasteiger partial charge in [-0.2, -0.15) is 0 Å². The maximum atomic E-state index is 12.0. The van der Waals surface area contributed by atoms with E-state index in [-0.39, 0.29) is 17.7 Å². The van der Waals surface area contributed by atoms with Gasteiger partial charge in [0.1, 0.15) is 11.6 Å². The highest BCUT2D eigenvalue weighted by Crippen LogP contribution is 2.30. The molecular formula is C23H24N4O2. The second-order valence-corrected chi connectivity index (χ2v) is 7.25. The average molecular weight is 388 g/mol. The second-order valence-electron chi connectivity index (χ2n) is 7.25. The molecule has 0 aromatic heterocycles. The van der Waals surface area contributed by atoms with E-state index in [4.69, 9.17) is 0 Å². The largest absolute Gasteiger partial charge is 0.325 e. The van der Waals surface area contributed by atoms with Crippen LogP contribution in [-0.4, -0.2) is 36.8 Å². The summed E-state index contributed by atoms with van der Waals surface area (Å²) in [6.07, 6.45) is 5.79. The summed E-state index contributed by atoms with van der Waals surface area (Å²) >= 11 is 0. The number of rotatable bonds is 8. The van der Waals surface area contributed by atoms with Gasteiger partial charge in [0, 0.05) is 30.6 Å². The molecule has 0 spiro atoms. The Balaban J connectivity index is 1.16. The minimum atomic E-state index is -0.275. The molecule has 0 saturated heterocycles. The summed E-state index contributed by atoms with van der Waals surface area (Å²) in [6, 6.07) is 15.4. The maximum absolute atomic E-state index is 12.0. The van der Waals surface area contributed by atoms with Crippen LogP contribution in [0.25, 0.3) is 0 Å². The Bertz CT molecular complexity index is 980. The van der Waals surface area contributed by atoms with Crippen molar-refractivity contribution in [3.8, 4) is 0 Å². The molecule has 0 bridgehead atoms. The summed E-state index contributed by atoms with van der Waals surface area (Å²) in [5.74, 6) is -0.396. The number of aliphatic imine (C=N–C) groups is 2. The van der Waals surface area contributed by atoms with Crippen molar-refractivity contribution in [1.82, 2.24) is 0 Å². The number of nitrogens with zero attached hydrogens (tertiary/aromatic N) is 2. The van der Waals surface area contributed by atoms with Crippen molar-refractivity contribution in [2.75, 3.05) is 23.7 Å². The predicted molar refractivity (Wildman–Crippen MR) is 116 cm³/mol. The molecule has 0 aliphatic carbocycles. The van der Waals surface area contributed by atoms with Crippen molar-refractivity contribution in [3.05, 3.63) is 59.7 Å². The van der Waals surface area contributed by atoms with Gasteiger partial charge in [-0.25, -0.2) is 0 Å². The molecule has 0 fully saturated rings. The van der Waals surface area contributed by atoms with Crippen LogP contribution in [0.3, 0.4) is 0 Å². The van der Waals surface area contributed by atoms with E-state index in [1.807, 2.05) is 48.5 Å². The van der Waals surface area contributed by atoms with Gasteiger partial charge in [0.25, 0.3) is 5.91 Å². The van der Waals surface area contributed by atoms with Gasteiger partial charge in [-0.05, 0) is 30.5 Å². The van der Waals surface area contributed by atoms with Gasteiger partial charge in [0.2, 0.25) is 5.91 Å². The third-order valence-corrected chi connectivity index (χ3v) is 5.20. The topological polar surface area (TPSA) is 82.9 Å². The highest BCUT2D eigenvalue weighted by atomic mass is 16.2. The van der Waals surface area contributed by atoms with E-state index in [1.54, 1.807) is 6.21 Å². The minimum Gasteiger partial charge on any atom is -0.325 e. The number of hydrogen-bond acceptors (Lipinski definition) is 4. The molecule has 2 N–H and O–H groups in total. The normalized spacial score (nSPS) is 18.8. The third kappa shape index (κ3) is 4.26. The van der Waals surface area contributed by atoms with E-state index in [1.165, 1.54) is 0 Å². The summed E-state index contributed by atoms with van der Waals surface area (Å²) in [6.45, 7) is 1.37. The Morgan fingerprint density at radius 1 is 0.828 bits per heavy atom. The predicted octanol–water partition coefficient (Wildman–Crippen LogP) is 3.79. The molecular weight excluding hydrogens is 364 g/mol. The Hall–Kier alpha value is -3.28. The molecule has 0 saturated carbocycles. The lowest BCUT2D eigenvalue weighted by Crippen LogP contribution is -2.14. The first-order valence-corrected chi connectivity index (χ1v) is 10.1. The maximum Gasteiger partial charge on any atom is 0.274 e. The van der Waals surface area contributed by atoms with Gasteiger partial charge < -0.3 is 10.6 Å². The molecule has 0 radical (unpaired) electrons. The smallest absolute Gasteiger partial charge is 0.274 e. The molecule has 2 heterocycles. The van der Waals surface area contributed by atoms with Crippen molar-refractivity contribution < 1.29 is 9.59 Å². The van der Waals surface area contributed by atoms with Crippen molar-refractivity contribution in [2.24, 2.45) is 9.98 Å². The Morgan fingerprint density at radius 3 is 2.41 bits per heavy atom. The van der Waals surface area contributed by atoms with Gasteiger partial charge >= 0.3 is 0 Å².